The molecule has 1 aromatic carbocycles. The molecule has 0 saturated heterocycles. The van der Waals surface area contributed by atoms with Crippen LogP contribution in [-0.2, 0) is 14.8 Å². The summed E-state index contributed by atoms with van der Waals surface area (Å²) in [5, 5.41) is 0. The first-order valence-electron chi connectivity index (χ1n) is 8.90. The molecule has 2 amide bonds. The molecule has 0 saturated carbocycles. The molecule has 0 spiro atoms. The van der Waals surface area contributed by atoms with Crippen molar-refractivity contribution in [3.05, 3.63) is 41.6 Å². The number of sulfonamides is 1. The van der Waals surface area contributed by atoms with Crippen molar-refractivity contribution >= 4 is 21.8 Å². The first kappa shape index (κ1) is 20.9. The van der Waals surface area contributed by atoms with Crippen molar-refractivity contribution in [2.45, 2.75) is 32.1 Å². The lowest BCUT2D eigenvalue weighted by Crippen LogP contribution is -2.41. The Morgan fingerprint density at radius 3 is 2.48 bits per heavy atom. The Labute approximate surface area is 160 Å². The fraction of sp³-hybridized carbons (Fsp3) is 0.444. The zero-order valence-corrected chi connectivity index (χ0v) is 16.7. The van der Waals surface area contributed by atoms with Crippen LogP contribution >= 0.6 is 0 Å². The van der Waals surface area contributed by atoms with E-state index in [0.717, 1.165) is 5.70 Å². The molecule has 27 heavy (non-hydrogen) atoms. The van der Waals surface area contributed by atoms with Crippen molar-refractivity contribution in [3.8, 4) is 0 Å². The number of carbonyl (C=O) groups excluding carboxylic acids is 2. The molecule has 0 unspecified atom stereocenters. The molecule has 0 aliphatic carbocycles. The molecule has 8 nitrogen and oxygen atoms in total. The van der Waals surface area contributed by atoms with Gasteiger partial charge in [-0.2, -0.15) is 4.31 Å². The van der Waals surface area contributed by atoms with Crippen LogP contribution in [0.4, 0.5) is 0 Å². The van der Waals surface area contributed by atoms with E-state index in [9.17, 15) is 18.0 Å². The summed E-state index contributed by atoms with van der Waals surface area (Å²) in [6, 6.07) is 5.97. The summed E-state index contributed by atoms with van der Waals surface area (Å²) in [7, 11) is -3.62. The van der Waals surface area contributed by atoms with E-state index in [1.54, 1.807) is 30.9 Å². The van der Waals surface area contributed by atoms with Gasteiger partial charge in [0.15, 0.2) is 0 Å². The largest absolute Gasteiger partial charge is 0.339 e. The van der Waals surface area contributed by atoms with Crippen molar-refractivity contribution in [3.63, 3.8) is 0 Å². The average Bonchev–Trinajstić information content (AvgIpc) is 2.67. The molecule has 9 heteroatoms. The summed E-state index contributed by atoms with van der Waals surface area (Å²) in [6.07, 6.45) is 2.45. The van der Waals surface area contributed by atoms with E-state index in [2.05, 4.69) is 10.9 Å². The maximum absolute atomic E-state index is 12.6. The van der Waals surface area contributed by atoms with Gasteiger partial charge in [-0.15, -0.1) is 0 Å². The van der Waals surface area contributed by atoms with Gasteiger partial charge in [-0.25, -0.2) is 8.42 Å². The molecule has 0 atom stereocenters. The SMILES string of the molecule is CCN(CC)S(=O)(=O)c1cccc(C(=O)NNC2=CCN(C(C)=O)CC2)c1. The van der Waals surface area contributed by atoms with Crippen LogP contribution in [0.25, 0.3) is 0 Å². The molecular weight excluding hydrogens is 368 g/mol. The van der Waals surface area contributed by atoms with Crippen LogP contribution in [0.2, 0.25) is 0 Å². The quantitative estimate of drug-likeness (QED) is 0.675. The molecule has 2 N–H and O–H groups in total. The second kappa shape index (κ2) is 9.01. The lowest BCUT2D eigenvalue weighted by atomic mass is 10.2. The third-order valence-electron chi connectivity index (χ3n) is 4.43. The number of hydrogen-bond acceptors (Lipinski definition) is 5. The van der Waals surface area contributed by atoms with Crippen LogP contribution in [0.15, 0.2) is 40.9 Å². The summed E-state index contributed by atoms with van der Waals surface area (Å²) < 4.78 is 26.5. The number of nitrogens with zero attached hydrogens (tertiary/aromatic N) is 2. The smallest absolute Gasteiger partial charge is 0.269 e. The predicted octanol–water partition coefficient (Wildman–Crippen LogP) is 1.09. The van der Waals surface area contributed by atoms with E-state index < -0.39 is 15.9 Å². The van der Waals surface area contributed by atoms with Crippen LogP contribution in [0.3, 0.4) is 0 Å². The molecule has 148 valence electrons. The van der Waals surface area contributed by atoms with Crippen molar-refractivity contribution in [1.29, 1.82) is 0 Å². The number of nitrogens with one attached hydrogen (secondary N) is 2. The van der Waals surface area contributed by atoms with Gasteiger partial charge in [0.1, 0.15) is 0 Å². The molecule has 1 aliphatic heterocycles. The summed E-state index contributed by atoms with van der Waals surface area (Å²) in [6.45, 7) is 6.86. The topological polar surface area (TPSA) is 98.8 Å². The molecule has 0 bridgehead atoms. The zero-order chi connectivity index (χ0) is 20.0. The highest BCUT2D eigenvalue weighted by molar-refractivity contribution is 7.89. The highest BCUT2D eigenvalue weighted by Crippen LogP contribution is 2.17. The summed E-state index contributed by atoms with van der Waals surface area (Å²) >= 11 is 0. The van der Waals surface area contributed by atoms with Gasteiger partial charge in [-0.05, 0) is 24.3 Å². The molecule has 0 fully saturated rings. The van der Waals surface area contributed by atoms with Gasteiger partial charge in [0, 0.05) is 50.8 Å². The molecule has 0 radical (unpaired) electrons. The van der Waals surface area contributed by atoms with Gasteiger partial charge in [-0.1, -0.05) is 19.9 Å². The molecule has 2 rings (SSSR count). The van der Waals surface area contributed by atoms with Crippen molar-refractivity contribution in [1.82, 2.24) is 20.1 Å². The number of hydrazine groups is 1. The van der Waals surface area contributed by atoms with Gasteiger partial charge in [0.05, 0.1) is 4.90 Å². The van der Waals surface area contributed by atoms with Crippen molar-refractivity contribution in [2.75, 3.05) is 26.2 Å². The van der Waals surface area contributed by atoms with E-state index >= 15 is 0 Å². The van der Waals surface area contributed by atoms with E-state index in [1.165, 1.54) is 23.4 Å². The van der Waals surface area contributed by atoms with E-state index in [0.29, 0.717) is 32.6 Å². The van der Waals surface area contributed by atoms with Crippen LogP contribution in [0.1, 0.15) is 37.6 Å². The van der Waals surface area contributed by atoms with E-state index in [1.807, 2.05) is 6.08 Å². The van der Waals surface area contributed by atoms with Crippen molar-refractivity contribution in [2.24, 2.45) is 0 Å². The number of hydrogen-bond donors (Lipinski definition) is 2. The first-order chi connectivity index (χ1) is 12.8. The highest BCUT2D eigenvalue weighted by Gasteiger charge is 2.22. The Balaban J connectivity index is 2.05. The minimum Gasteiger partial charge on any atom is -0.339 e. The maximum atomic E-state index is 12.6. The van der Waals surface area contributed by atoms with Gasteiger partial charge in [0.2, 0.25) is 15.9 Å². The molecule has 0 aromatic heterocycles. The predicted molar refractivity (Wildman–Crippen MR) is 102 cm³/mol. The molecule has 1 aromatic rings. The monoisotopic (exact) mass is 394 g/mol. The Morgan fingerprint density at radius 1 is 1.22 bits per heavy atom. The highest BCUT2D eigenvalue weighted by atomic mass is 32.2. The summed E-state index contributed by atoms with van der Waals surface area (Å²) in [5.74, 6) is -0.415. The van der Waals surface area contributed by atoms with Gasteiger partial charge in [0.25, 0.3) is 5.91 Å². The number of benzene rings is 1. The van der Waals surface area contributed by atoms with Crippen LogP contribution in [0.5, 0.6) is 0 Å². The summed E-state index contributed by atoms with van der Waals surface area (Å²) in [4.78, 5) is 25.5. The lowest BCUT2D eigenvalue weighted by Gasteiger charge is -2.25. The standard InChI is InChI=1S/C18H26N4O4S/c1-4-22(5-2)27(25,26)17-8-6-7-15(13-17)18(24)20-19-16-9-11-21(12-10-16)14(3)23/h6-9,13,19H,4-5,10-12H2,1-3H3,(H,20,24). The average molecular weight is 394 g/mol. The molecule has 1 aliphatic rings. The van der Waals surface area contributed by atoms with Gasteiger partial charge in [-0.3, -0.25) is 15.0 Å². The fourth-order valence-electron chi connectivity index (χ4n) is 2.79. The van der Waals surface area contributed by atoms with Crippen LogP contribution in [-0.4, -0.2) is 55.6 Å². The van der Waals surface area contributed by atoms with Gasteiger partial charge < -0.3 is 10.3 Å². The Hall–Kier alpha value is -2.39. The number of amides is 2. The van der Waals surface area contributed by atoms with Crippen molar-refractivity contribution < 1.29 is 18.0 Å². The maximum Gasteiger partial charge on any atom is 0.269 e. The van der Waals surface area contributed by atoms with E-state index in [4.69, 9.17) is 0 Å². The van der Waals surface area contributed by atoms with Crippen LogP contribution in [0, 0.1) is 0 Å². The minimum absolute atomic E-state index is 0.0144. The van der Waals surface area contributed by atoms with Gasteiger partial charge >= 0.3 is 0 Å². The third-order valence-corrected chi connectivity index (χ3v) is 6.48. The minimum atomic E-state index is -3.62. The Morgan fingerprint density at radius 2 is 1.93 bits per heavy atom. The van der Waals surface area contributed by atoms with Crippen LogP contribution < -0.4 is 10.9 Å². The molecular formula is C18H26N4O4S. The Bertz CT molecular complexity index is 832. The second-order valence-electron chi connectivity index (χ2n) is 6.14. The zero-order valence-electron chi connectivity index (χ0n) is 15.9. The number of carbonyl (C=O) groups is 2. The van der Waals surface area contributed by atoms with E-state index in [-0.39, 0.29) is 16.4 Å². The summed E-state index contributed by atoms with van der Waals surface area (Å²) in [5.41, 5.74) is 6.49. The molecule has 1 heterocycles. The second-order valence-corrected chi connectivity index (χ2v) is 8.08. The first-order valence-corrected chi connectivity index (χ1v) is 10.3. The fourth-order valence-corrected chi connectivity index (χ4v) is 4.29. The number of rotatable bonds is 7. The lowest BCUT2D eigenvalue weighted by molar-refractivity contribution is -0.128. The normalized spacial score (nSPS) is 14.7. The Kier molecular flexibility index (Phi) is 6.98. The third kappa shape index (κ3) is 5.08.